The Labute approximate surface area is 157 Å². The van der Waals surface area contributed by atoms with Crippen LogP contribution in [0.2, 0.25) is 0 Å². The van der Waals surface area contributed by atoms with E-state index in [1.54, 1.807) is 0 Å². The van der Waals surface area contributed by atoms with E-state index >= 15 is 0 Å². The highest BCUT2D eigenvalue weighted by atomic mass is 32.2. The Kier molecular flexibility index (Phi) is 5.64. The van der Waals surface area contributed by atoms with Crippen LogP contribution in [0.1, 0.15) is 12.5 Å². The van der Waals surface area contributed by atoms with Gasteiger partial charge in [-0.15, -0.1) is 0 Å². The summed E-state index contributed by atoms with van der Waals surface area (Å²) in [6.45, 7) is 6.89. The van der Waals surface area contributed by atoms with Gasteiger partial charge in [-0.05, 0) is 36.9 Å². The predicted molar refractivity (Wildman–Crippen MR) is 98.7 cm³/mol. The summed E-state index contributed by atoms with van der Waals surface area (Å²) in [5.74, 6) is -1.16. The highest BCUT2D eigenvalue weighted by Gasteiger charge is 2.23. The zero-order valence-electron chi connectivity index (χ0n) is 15.0. The number of likely N-dealkylation sites (N-methyl/N-ethyl adjacent to an activating group) is 1. The van der Waals surface area contributed by atoms with E-state index in [0.29, 0.717) is 16.1 Å². The van der Waals surface area contributed by atoms with Gasteiger partial charge in [0.1, 0.15) is 5.82 Å². The summed E-state index contributed by atoms with van der Waals surface area (Å²) in [4.78, 5) is 16.6. The third kappa shape index (κ3) is 4.05. The van der Waals surface area contributed by atoms with Crippen molar-refractivity contribution in [1.82, 2.24) is 13.8 Å². The van der Waals surface area contributed by atoms with E-state index in [1.165, 1.54) is 6.07 Å². The zero-order valence-corrected chi connectivity index (χ0v) is 15.8. The van der Waals surface area contributed by atoms with Crippen molar-refractivity contribution < 1.29 is 17.9 Å². The van der Waals surface area contributed by atoms with Gasteiger partial charge < -0.3 is 10.0 Å². The lowest BCUT2D eigenvalue weighted by atomic mass is 10.2. The number of aromatic nitrogens is 1. The first kappa shape index (κ1) is 19.5. The predicted octanol–water partition coefficient (Wildman–Crippen LogP) is 1.07. The first-order valence-corrected chi connectivity index (χ1v) is 10.2. The van der Waals surface area contributed by atoms with Gasteiger partial charge in [0.25, 0.3) is 10.0 Å². The molecule has 0 amide bonds. The van der Waals surface area contributed by atoms with Crippen LogP contribution in [0.15, 0.2) is 46.2 Å². The third-order valence-electron chi connectivity index (χ3n) is 4.79. The fourth-order valence-electron chi connectivity index (χ4n) is 3.09. The van der Waals surface area contributed by atoms with Crippen molar-refractivity contribution in [1.29, 1.82) is 0 Å². The molecule has 0 spiro atoms. The molecular weight excluding hydrogens is 373 g/mol. The van der Waals surface area contributed by atoms with Crippen molar-refractivity contribution in [2.45, 2.75) is 18.4 Å². The third-order valence-corrected chi connectivity index (χ3v) is 6.47. The molecule has 1 aliphatic heterocycles. The second-order valence-electron chi connectivity index (χ2n) is 6.46. The zero-order chi connectivity index (χ0) is 19.6. The maximum atomic E-state index is 13.0. The molecule has 9 heteroatoms. The Morgan fingerprint density at radius 2 is 1.63 bits per heavy atom. The van der Waals surface area contributed by atoms with Crippen LogP contribution in [0, 0.1) is 5.82 Å². The minimum absolute atomic E-state index is 0.228. The van der Waals surface area contributed by atoms with Crippen molar-refractivity contribution in [3.8, 4) is 5.75 Å². The molecule has 1 aliphatic rings. The highest BCUT2D eigenvalue weighted by molar-refractivity contribution is 7.90. The highest BCUT2D eigenvalue weighted by Crippen LogP contribution is 2.18. The maximum Gasteiger partial charge on any atom is 0.306 e. The molecule has 1 saturated heterocycles. The van der Waals surface area contributed by atoms with E-state index in [9.17, 15) is 22.7 Å². The lowest BCUT2D eigenvalue weighted by molar-refractivity contribution is 0.131. The van der Waals surface area contributed by atoms with Gasteiger partial charge in [-0.1, -0.05) is 6.92 Å². The van der Waals surface area contributed by atoms with E-state index in [-0.39, 0.29) is 4.90 Å². The molecule has 2 aromatic rings. The average Bonchev–Trinajstić information content (AvgIpc) is 2.66. The molecule has 1 aromatic heterocycles. The second-order valence-corrected chi connectivity index (χ2v) is 8.27. The normalized spacial score (nSPS) is 16.5. The number of aromatic hydroxyl groups is 1. The van der Waals surface area contributed by atoms with Gasteiger partial charge in [-0.25, -0.2) is 16.8 Å². The van der Waals surface area contributed by atoms with Crippen LogP contribution < -0.4 is 5.56 Å². The van der Waals surface area contributed by atoms with Gasteiger partial charge in [0, 0.05) is 44.5 Å². The van der Waals surface area contributed by atoms with Crippen LogP contribution in [0.5, 0.6) is 5.75 Å². The van der Waals surface area contributed by atoms with Gasteiger partial charge in [0.15, 0.2) is 5.75 Å². The average molecular weight is 395 g/mol. The molecule has 0 saturated carbocycles. The second kappa shape index (κ2) is 7.79. The van der Waals surface area contributed by atoms with E-state index in [4.69, 9.17) is 0 Å². The molecular formula is C18H22FN3O4S. The van der Waals surface area contributed by atoms with Crippen LogP contribution >= 0.6 is 0 Å². The number of rotatable bonds is 5. The largest absolute Gasteiger partial charge is 0.503 e. The molecule has 0 aliphatic carbocycles. The molecule has 3 rings (SSSR count). The number of nitrogens with zero attached hydrogens (tertiary/aromatic N) is 3. The van der Waals surface area contributed by atoms with Gasteiger partial charge in [-0.3, -0.25) is 9.69 Å². The SMILES string of the molecule is CCN1CCN(Cc2ccn(S(=O)(=O)c3ccc(F)cc3)c(=O)c2O)CC1. The topological polar surface area (TPSA) is 82.8 Å². The van der Waals surface area contributed by atoms with Crippen molar-refractivity contribution in [3.05, 3.63) is 58.3 Å². The molecule has 0 bridgehead atoms. The molecule has 0 unspecified atom stereocenters. The molecule has 1 N–H and O–H groups in total. The Balaban J connectivity index is 1.85. The Bertz CT molecular complexity index is 965. The van der Waals surface area contributed by atoms with Gasteiger partial charge >= 0.3 is 5.56 Å². The smallest absolute Gasteiger partial charge is 0.306 e. The molecule has 1 aromatic carbocycles. The maximum absolute atomic E-state index is 13.0. The van der Waals surface area contributed by atoms with Gasteiger partial charge in [-0.2, -0.15) is 0 Å². The first-order valence-electron chi connectivity index (χ1n) is 8.72. The lowest BCUT2D eigenvalue weighted by Gasteiger charge is -2.34. The first-order chi connectivity index (χ1) is 12.8. The molecule has 0 atom stereocenters. The van der Waals surface area contributed by atoms with E-state index in [1.807, 2.05) is 0 Å². The van der Waals surface area contributed by atoms with E-state index in [0.717, 1.165) is 63.2 Å². The summed E-state index contributed by atoms with van der Waals surface area (Å²) >= 11 is 0. The number of pyridine rings is 1. The van der Waals surface area contributed by atoms with E-state index in [2.05, 4.69) is 16.7 Å². The quantitative estimate of drug-likeness (QED) is 0.816. The Hall–Kier alpha value is -2.23. The molecule has 7 nitrogen and oxygen atoms in total. The number of hydrogen-bond donors (Lipinski definition) is 1. The Morgan fingerprint density at radius 1 is 1.04 bits per heavy atom. The van der Waals surface area contributed by atoms with E-state index < -0.39 is 27.1 Å². The summed E-state index contributed by atoms with van der Waals surface area (Å²) < 4.78 is 38.7. The molecule has 0 radical (unpaired) electrons. The number of piperazine rings is 1. The van der Waals surface area contributed by atoms with Crippen molar-refractivity contribution >= 4 is 10.0 Å². The lowest BCUT2D eigenvalue weighted by Crippen LogP contribution is -2.45. The molecule has 27 heavy (non-hydrogen) atoms. The van der Waals surface area contributed by atoms with Gasteiger partial charge in [0.05, 0.1) is 4.90 Å². The van der Waals surface area contributed by atoms with Crippen molar-refractivity contribution in [2.75, 3.05) is 32.7 Å². The van der Waals surface area contributed by atoms with Crippen molar-refractivity contribution in [3.63, 3.8) is 0 Å². The van der Waals surface area contributed by atoms with Crippen LogP contribution in [-0.2, 0) is 16.6 Å². The summed E-state index contributed by atoms with van der Waals surface area (Å²) in [5, 5.41) is 10.3. The molecule has 1 fully saturated rings. The number of hydrogen-bond acceptors (Lipinski definition) is 6. The number of benzene rings is 1. The monoisotopic (exact) mass is 395 g/mol. The van der Waals surface area contributed by atoms with Crippen molar-refractivity contribution in [2.24, 2.45) is 0 Å². The standard InChI is InChI=1S/C18H22FN3O4S/c1-2-20-9-11-21(12-10-20)13-14-7-8-22(18(24)17(14)23)27(25,26)16-5-3-15(19)4-6-16/h3-8,23H,2,9-13H2,1H3. The van der Waals surface area contributed by atoms with Crippen LogP contribution in [-0.4, -0.2) is 60.0 Å². The molecule has 2 heterocycles. The van der Waals surface area contributed by atoms with Crippen LogP contribution in [0.25, 0.3) is 0 Å². The fraction of sp³-hybridized carbons (Fsp3) is 0.389. The summed E-state index contributed by atoms with van der Waals surface area (Å²) in [6, 6.07) is 5.60. The Morgan fingerprint density at radius 3 is 2.22 bits per heavy atom. The van der Waals surface area contributed by atoms with Gasteiger partial charge in [0.2, 0.25) is 0 Å². The fourth-order valence-corrected chi connectivity index (χ4v) is 4.32. The minimum atomic E-state index is -4.21. The van der Waals surface area contributed by atoms with Crippen LogP contribution in [0.4, 0.5) is 4.39 Å². The summed E-state index contributed by atoms with van der Waals surface area (Å²) in [7, 11) is -4.21. The molecule has 146 valence electrons. The summed E-state index contributed by atoms with van der Waals surface area (Å²) in [6.07, 6.45) is 1.14. The van der Waals surface area contributed by atoms with Crippen LogP contribution in [0.3, 0.4) is 0 Å². The summed E-state index contributed by atoms with van der Waals surface area (Å²) in [5.41, 5.74) is -0.625. The number of halogens is 1. The minimum Gasteiger partial charge on any atom is -0.503 e.